The minimum absolute atomic E-state index is 0.0938. The molecule has 4 rings (SSSR count). The van der Waals surface area contributed by atoms with Crippen molar-refractivity contribution in [1.82, 2.24) is 4.90 Å². The van der Waals surface area contributed by atoms with Crippen molar-refractivity contribution >= 4 is 35.2 Å². The number of aliphatic hydroxyl groups excluding tert-OH is 1. The van der Waals surface area contributed by atoms with Crippen LogP contribution in [0, 0.1) is 25.7 Å². The van der Waals surface area contributed by atoms with Gasteiger partial charge in [0.25, 0.3) is 5.91 Å². The number of fused-ring (bicyclic) bond motifs is 1. The summed E-state index contributed by atoms with van der Waals surface area (Å²) in [4.78, 5) is 46.1. The van der Waals surface area contributed by atoms with Crippen LogP contribution in [0.4, 0.5) is 5.69 Å². The van der Waals surface area contributed by atoms with E-state index in [0.717, 1.165) is 36.1 Å². The predicted molar refractivity (Wildman–Crippen MR) is 160 cm³/mol. The highest BCUT2D eigenvalue weighted by Gasteiger charge is 2.77. The number of esters is 1. The number of nitrogens with zero attached hydrogens (tertiary/aromatic N) is 2. The van der Waals surface area contributed by atoms with Gasteiger partial charge < -0.3 is 19.6 Å². The Balaban J connectivity index is 1.74. The van der Waals surface area contributed by atoms with E-state index in [2.05, 4.69) is 20.1 Å². The van der Waals surface area contributed by atoms with Gasteiger partial charge in [0.15, 0.2) is 0 Å². The number of rotatable bonds is 14. The van der Waals surface area contributed by atoms with E-state index in [0.29, 0.717) is 45.4 Å². The van der Waals surface area contributed by atoms with Crippen molar-refractivity contribution in [2.75, 3.05) is 31.2 Å². The molecule has 0 aromatic heterocycles. The normalized spacial score (nSPS) is 28.4. The van der Waals surface area contributed by atoms with Crippen molar-refractivity contribution in [2.45, 2.75) is 81.3 Å². The summed E-state index contributed by atoms with van der Waals surface area (Å²) in [6.07, 6.45) is 8.51. The van der Waals surface area contributed by atoms with Crippen LogP contribution in [0.3, 0.4) is 0 Å². The van der Waals surface area contributed by atoms with E-state index in [1.165, 1.54) is 0 Å². The number of anilines is 1. The minimum Gasteiger partial charge on any atom is -0.465 e. The van der Waals surface area contributed by atoms with Crippen LogP contribution in [0.1, 0.15) is 63.0 Å². The molecule has 1 N–H and O–H groups in total. The number of hydrogen-bond donors (Lipinski definition) is 1. The van der Waals surface area contributed by atoms with Gasteiger partial charge in [-0.15, -0.1) is 24.9 Å². The Hall–Kier alpha value is -2.58. The molecule has 7 nitrogen and oxygen atoms in total. The van der Waals surface area contributed by atoms with Crippen molar-refractivity contribution in [3.8, 4) is 0 Å². The van der Waals surface area contributed by atoms with Gasteiger partial charge in [-0.2, -0.15) is 0 Å². The van der Waals surface area contributed by atoms with Crippen molar-refractivity contribution in [1.29, 1.82) is 0 Å². The molecule has 2 amide bonds. The standard InChI is InChI=1S/C32H44N2O5S/c1-6-8-12-21-39-30(38)25-24-28(36)34(19-10-9-11-20-35)27(32(24)17-16-31(25,5)40-32)29(37)33(18-7-2)26-22(3)14-13-15-23(26)4/h6-7,13-15,24-25,27,35H,1-2,8-12,16-21H2,3-5H3/t24-,25-,27?,31+,32?/m0/s1. The van der Waals surface area contributed by atoms with Crippen molar-refractivity contribution < 1.29 is 24.2 Å². The highest BCUT2D eigenvalue weighted by Crippen LogP contribution is 2.71. The number of ether oxygens (including phenoxy) is 1. The Kier molecular flexibility index (Phi) is 9.51. The SMILES string of the molecule is C=CCCCOC(=O)[C@@H]1[C@H]2C(=O)N(CCCCCO)C(C(=O)N(CC=C)c3c(C)cccc3C)C23CC[C@@]1(C)S3. The van der Waals surface area contributed by atoms with Gasteiger partial charge >= 0.3 is 5.97 Å². The first-order valence-corrected chi connectivity index (χ1v) is 15.4. The van der Waals surface area contributed by atoms with Crippen LogP contribution in [-0.4, -0.2) is 69.6 Å². The molecule has 3 aliphatic heterocycles. The number of hydrogen-bond acceptors (Lipinski definition) is 6. The zero-order valence-corrected chi connectivity index (χ0v) is 25.0. The summed E-state index contributed by atoms with van der Waals surface area (Å²) in [5, 5.41) is 9.29. The molecule has 0 radical (unpaired) electrons. The first kappa shape index (κ1) is 30.4. The summed E-state index contributed by atoms with van der Waals surface area (Å²) < 4.78 is 4.57. The minimum atomic E-state index is -0.694. The Morgan fingerprint density at radius 2 is 1.88 bits per heavy atom. The number of likely N-dealkylation sites (tertiary alicyclic amines) is 1. The first-order chi connectivity index (χ1) is 19.2. The van der Waals surface area contributed by atoms with Crippen molar-refractivity contribution in [3.63, 3.8) is 0 Å². The van der Waals surface area contributed by atoms with Crippen LogP contribution in [0.25, 0.3) is 0 Å². The number of unbranched alkanes of at least 4 members (excludes halogenated alkanes) is 3. The van der Waals surface area contributed by atoms with Crippen LogP contribution in [0.2, 0.25) is 0 Å². The average molecular weight is 569 g/mol. The van der Waals surface area contributed by atoms with Gasteiger partial charge in [0.2, 0.25) is 5.91 Å². The van der Waals surface area contributed by atoms with E-state index in [1.54, 1.807) is 33.7 Å². The number of allylic oxidation sites excluding steroid dienone is 1. The summed E-state index contributed by atoms with van der Waals surface area (Å²) in [6.45, 7) is 14.8. The van der Waals surface area contributed by atoms with E-state index in [1.807, 2.05) is 32.0 Å². The number of para-hydroxylation sites is 1. The van der Waals surface area contributed by atoms with Crippen LogP contribution < -0.4 is 4.90 Å². The number of thioether (sulfide) groups is 1. The Morgan fingerprint density at radius 1 is 1.15 bits per heavy atom. The largest absolute Gasteiger partial charge is 0.465 e. The maximum absolute atomic E-state index is 14.7. The second-order valence-corrected chi connectivity index (χ2v) is 13.5. The summed E-state index contributed by atoms with van der Waals surface area (Å²) in [7, 11) is 0. The monoisotopic (exact) mass is 568 g/mol. The number of aryl methyl sites for hydroxylation is 2. The zero-order chi connectivity index (χ0) is 29.1. The third kappa shape index (κ3) is 5.25. The van der Waals surface area contributed by atoms with E-state index in [4.69, 9.17) is 4.74 Å². The lowest BCUT2D eigenvalue weighted by Gasteiger charge is -2.38. The average Bonchev–Trinajstić information content (AvgIpc) is 3.48. The molecular weight excluding hydrogens is 524 g/mol. The predicted octanol–water partition coefficient (Wildman–Crippen LogP) is 4.98. The fraction of sp³-hybridized carbons (Fsp3) is 0.594. The second kappa shape index (κ2) is 12.5. The van der Waals surface area contributed by atoms with Gasteiger partial charge in [0.05, 0.1) is 23.2 Å². The summed E-state index contributed by atoms with van der Waals surface area (Å²) >= 11 is 1.67. The molecule has 2 unspecified atom stereocenters. The second-order valence-electron chi connectivity index (χ2n) is 11.6. The van der Waals surface area contributed by atoms with Crippen LogP contribution >= 0.6 is 11.8 Å². The third-order valence-electron chi connectivity index (χ3n) is 8.91. The fourth-order valence-corrected chi connectivity index (χ4v) is 9.50. The molecule has 1 aromatic carbocycles. The topological polar surface area (TPSA) is 87.1 Å². The van der Waals surface area contributed by atoms with Crippen molar-refractivity contribution in [3.05, 3.63) is 54.6 Å². The molecule has 0 saturated carbocycles. The number of aliphatic hydroxyl groups is 1. The van der Waals surface area contributed by atoms with Crippen LogP contribution in [0.5, 0.6) is 0 Å². The molecule has 218 valence electrons. The lowest BCUT2D eigenvalue weighted by atomic mass is 9.66. The molecule has 8 heteroatoms. The Morgan fingerprint density at radius 3 is 2.52 bits per heavy atom. The molecule has 1 aromatic rings. The summed E-state index contributed by atoms with van der Waals surface area (Å²) in [5.41, 5.74) is 2.82. The van der Waals surface area contributed by atoms with Gasteiger partial charge in [0, 0.05) is 30.1 Å². The Bertz CT molecular complexity index is 1130. The fourth-order valence-electron chi connectivity index (χ4n) is 7.16. The quantitative estimate of drug-likeness (QED) is 0.194. The molecule has 3 fully saturated rings. The maximum Gasteiger partial charge on any atom is 0.311 e. The van der Waals surface area contributed by atoms with Gasteiger partial charge in [-0.1, -0.05) is 30.4 Å². The number of carbonyl (C=O) groups is 3. The maximum atomic E-state index is 14.7. The molecule has 3 aliphatic rings. The molecule has 3 heterocycles. The van der Waals surface area contributed by atoms with Gasteiger partial charge in [0.1, 0.15) is 6.04 Å². The third-order valence-corrected chi connectivity index (χ3v) is 10.9. The van der Waals surface area contributed by atoms with E-state index >= 15 is 0 Å². The van der Waals surface area contributed by atoms with Crippen LogP contribution in [-0.2, 0) is 19.1 Å². The smallest absolute Gasteiger partial charge is 0.311 e. The van der Waals surface area contributed by atoms with E-state index in [-0.39, 0.29) is 24.4 Å². The number of amides is 2. The van der Waals surface area contributed by atoms with Crippen LogP contribution in [0.15, 0.2) is 43.5 Å². The molecule has 2 bridgehead atoms. The lowest BCUT2D eigenvalue weighted by Crippen LogP contribution is -2.55. The summed E-state index contributed by atoms with van der Waals surface area (Å²) in [6, 6.07) is 5.28. The van der Waals surface area contributed by atoms with E-state index in [9.17, 15) is 19.5 Å². The highest BCUT2D eigenvalue weighted by atomic mass is 32.2. The first-order valence-electron chi connectivity index (χ1n) is 14.5. The van der Waals surface area contributed by atoms with Crippen molar-refractivity contribution in [2.24, 2.45) is 11.8 Å². The highest BCUT2D eigenvalue weighted by molar-refractivity contribution is 8.02. The molecule has 40 heavy (non-hydrogen) atoms. The molecule has 1 spiro atoms. The molecular formula is C32H44N2O5S. The van der Waals surface area contributed by atoms with E-state index < -0.39 is 27.4 Å². The lowest BCUT2D eigenvalue weighted by molar-refractivity contribution is -0.155. The number of carbonyl (C=O) groups excluding carboxylic acids is 3. The molecule has 3 saturated heterocycles. The molecule has 5 atom stereocenters. The summed E-state index contributed by atoms with van der Waals surface area (Å²) in [5.74, 6) is -1.75. The Labute approximate surface area is 243 Å². The van der Waals surface area contributed by atoms with Gasteiger partial charge in [-0.25, -0.2) is 0 Å². The number of benzene rings is 1. The molecule has 0 aliphatic carbocycles. The zero-order valence-electron chi connectivity index (χ0n) is 24.2. The van der Waals surface area contributed by atoms with Gasteiger partial charge in [-0.05, 0) is 76.8 Å². The van der Waals surface area contributed by atoms with Gasteiger partial charge in [-0.3, -0.25) is 14.4 Å².